The standard InChI is InChI=1S/C12H17N3O2/c13-12(3-6-17-7-4-12)11(16)15-9-10-2-1-5-14-8-10/h1-2,5,8H,3-4,6-7,9,13H2,(H,15,16). The number of hydrogen-bond donors (Lipinski definition) is 2. The van der Waals surface area contributed by atoms with E-state index in [1.54, 1.807) is 12.4 Å². The molecule has 3 N–H and O–H groups in total. The molecule has 1 aromatic rings. The van der Waals surface area contributed by atoms with Crippen LogP contribution in [0.4, 0.5) is 0 Å². The van der Waals surface area contributed by atoms with Crippen molar-refractivity contribution in [3.63, 3.8) is 0 Å². The first kappa shape index (κ1) is 12.0. The molecule has 0 spiro atoms. The van der Waals surface area contributed by atoms with Gasteiger partial charge in [0.25, 0.3) is 0 Å². The Morgan fingerprint density at radius 3 is 2.94 bits per heavy atom. The van der Waals surface area contributed by atoms with Crippen LogP contribution in [0.1, 0.15) is 18.4 Å². The van der Waals surface area contributed by atoms with Crippen molar-refractivity contribution in [3.05, 3.63) is 30.1 Å². The lowest BCUT2D eigenvalue weighted by Gasteiger charge is -2.31. The highest BCUT2D eigenvalue weighted by molar-refractivity contribution is 5.86. The van der Waals surface area contributed by atoms with Gasteiger partial charge in [-0.05, 0) is 24.5 Å². The van der Waals surface area contributed by atoms with Gasteiger partial charge in [-0.25, -0.2) is 0 Å². The maximum absolute atomic E-state index is 12.0. The van der Waals surface area contributed by atoms with Crippen LogP contribution in [0.15, 0.2) is 24.5 Å². The molecule has 0 atom stereocenters. The number of rotatable bonds is 3. The molecule has 0 aromatic carbocycles. The highest BCUT2D eigenvalue weighted by Gasteiger charge is 2.35. The van der Waals surface area contributed by atoms with E-state index in [1.165, 1.54) is 0 Å². The molecule has 5 nitrogen and oxygen atoms in total. The molecule has 1 fully saturated rings. The predicted octanol–water partition coefficient (Wildman–Crippen LogP) is 0.206. The Hall–Kier alpha value is -1.46. The summed E-state index contributed by atoms with van der Waals surface area (Å²) in [4.78, 5) is 16.0. The van der Waals surface area contributed by atoms with E-state index >= 15 is 0 Å². The predicted molar refractivity (Wildman–Crippen MR) is 63.1 cm³/mol. The van der Waals surface area contributed by atoms with Crippen LogP contribution in [0, 0.1) is 0 Å². The molecule has 0 unspecified atom stereocenters. The molecule has 1 saturated heterocycles. The first-order valence-electron chi connectivity index (χ1n) is 5.74. The van der Waals surface area contributed by atoms with E-state index in [4.69, 9.17) is 10.5 Å². The van der Waals surface area contributed by atoms with Crippen LogP contribution < -0.4 is 11.1 Å². The van der Waals surface area contributed by atoms with Crippen molar-refractivity contribution in [1.29, 1.82) is 0 Å². The minimum atomic E-state index is -0.777. The lowest BCUT2D eigenvalue weighted by atomic mass is 9.90. The van der Waals surface area contributed by atoms with Crippen molar-refractivity contribution in [1.82, 2.24) is 10.3 Å². The Labute approximate surface area is 100 Å². The van der Waals surface area contributed by atoms with Crippen LogP contribution in [0.2, 0.25) is 0 Å². The minimum Gasteiger partial charge on any atom is -0.381 e. The zero-order valence-electron chi connectivity index (χ0n) is 9.69. The van der Waals surface area contributed by atoms with Crippen LogP contribution in [-0.2, 0) is 16.1 Å². The molecule has 92 valence electrons. The van der Waals surface area contributed by atoms with E-state index in [9.17, 15) is 4.79 Å². The molecule has 0 bridgehead atoms. The van der Waals surface area contributed by atoms with Crippen molar-refractivity contribution in [2.45, 2.75) is 24.9 Å². The maximum atomic E-state index is 12.0. The number of carbonyl (C=O) groups excluding carboxylic acids is 1. The molecule has 1 amide bonds. The van der Waals surface area contributed by atoms with Crippen molar-refractivity contribution >= 4 is 5.91 Å². The summed E-state index contributed by atoms with van der Waals surface area (Å²) in [5, 5.41) is 2.85. The molecule has 1 aliphatic heterocycles. The van der Waals surface area contributed by atoms with Crippen LogP contribution in [0.25, 0.3) is 0 Å². The Morgan fingerprint density at radius 2 is 2.29 bits per heavy atom. The molecule has 1 aliphatic rings. The number of nitrogens with zero attached hydrogens (tertiary/aromatic N) is 1. The van der Waals surface area contributed by atoms with E-state index in [0.717, 1.165) is 5.56 Å². The van der Waals surface area contributed by atoms with Gasteiger partial charge in [0, 0.05) is 32.2 Å². The second-order valence-corrected chi connectivity index (χ2v) is 4.31. The summed E-state index contributed by atoms with van der Waals surface area (Å²) < 4.78 is 5.21. The van der Waals surface area contributed by atoms with Crippen LogP contribution in [0.3, 0.4) is 0 Å². The van der Waals surface area contributed by atoms with Gasteiger partial charge in [0.1, 0.15) is 0 Å². The van der Waals surface area contributed by atoms with Crippen LogP contribution >= 0.6 is 0 Å². The third-order valence-corrected chi connectivity index (χ3v) is 3.01. The zero-order valence-corrected chi connectivity index (χ0v) is 9.69. The zero-order chi connectivity index (χ0) is 12.1. The largest absolute Gasteiger partial charge is 0.381 e. The number of pyridine rings is 1. The Morgan fingerprint density at radius 1 is 1.53 bits per heavy atom. The van der Waals surface area contributed by atoms with Gasteiger partial charge in [-0.3, -0.25) is 9.78 Å². The van der Waals surface area contributed by atoms with Crippen LogP contribution in [-0.4, -0.2) is 29.6 Å². The number of carbonyl (C=O) groups is 1. The summed E-state index contributed by atoms with van der Waals surface area (Å²) in [6, 6.07) is 3.76. The van der Waals surface area contributed by atoms with Gasteiger partial charge >= 0.3 is 0 Å². The fourth-order valence-corrected chi connectivity index (χ4v) is 1.82. The normalized spacial score (nSPS) is 18.6. The quantitative estimate of drug-likeness (QED) is 0.785. The Balaban J connectivity index is 1.88. The molecule has 0 saturated carbocycles. The summed E-state index contributed by atoms with van der Waals surface area (Å²) in [7, 11) is 0. The third kappa shape index (κ3) is 3.01. The van der Waals surface area contributed by atoms with Gasteiger partial charge < -0.3 is 15.8 Å². The van der Waals surface area contributed by atoms with E-state index in [1.807, 2.05) is 12.1 Å². The van der Waals surface area contributed by atoms with Crippen molar-refractivity contribution in [2.24, 2.45) is 5.73 Å². The Bertz CT molecular complexity index is 375. The fraction of sp³-hybridized carbons (Fsp3) is 0.500. The summed E-state index contributed by atoms with van der Waals surface area (Å²) in [6.45, 7) is 1.57. The second kappa shape index (κ2) is 5.25. The smallest absolute Gasteiger partial charge is 0.240 e. The van der Waals surface area contributed by atoms with E-state index < -0.39 is 5.54 Å². The number of ether oxygens (including phenoxy) is 1. The molecular weight excluding hydrogens is 218 g/mol. The van der Waals surface area contributed by atoms with Gasteiger partial charge in [-0.15, -0.1) is 0 Å². The number of amides is 1. The molecule has 17 heavy (non-hydrogen) atoms. The molecule has 5 heteroatoms. The summed E-state index contributed by atoms with van der Waals surface area (Å²) in [5.41, 5.74) is 6.25. The van der Waals surface area contributed by atoms with Gasteiger partial charge in [0.2, 0.25) is 5.91 Å². The van der Waals surface area contributed by atoms with E-state index in [2.05, 4.69) is 10.3 Å². The van der Waals surface area contributed by atoms with Crippen LogP contribution in [0.5, 0.6) is 0 Å². The van der Waals surface area contributed by atoms with Gasteiger partial charge in [-0.2, -0.15) is 0 Å². The maximum Gasteiger partial charge on any atom is 0.240 e. The molecular formula is C12H17N3O2. The summed E-state index contributed by atoms with van der Waals surface area (Å²) in [5.74, 6) is -0.107. The lowest BCUT2D eigenvalue weighted by Crippen LogP contribution is -2.56. The first-order valence-corrected chi connectivity index (χ1v) is 5.74. The number of nitrogens with two attached hydrogens (primary N) is 1. The second-order valence-electron chi connectivity index (χ2n) is 4.31. The molecule has 2 heterocycles. The van der Waals surface area contributed by atoms with E-state index in [-0.39, 0.29) is 5.91 Å². The molecule has 2 rings (SSSR count). The van der Waals surface area contributed by atoms with Crippen molar-refractivity contribution in [3.8, 4) is 0 Å². The van der Waals surface area contributed by atoms with Gasteiger partial charge in [0.15, 0.2) is 0 Å². The number of nitrogens with one attached hydrogen (secondary N) is 1. The average Bonchev–Trinajstić information content (AvgIpc) is 2.38. The van der Waals surface area contributed by atoms with Gasteiger partial charge in [0.05, 0.1) is 5.54 Å². The number of aromatic nitrogens is 1. The lowest BCUT2D eigenvalue weighted by molar-refractivity contribution is -0.129. The van der Waals surface area contributed by atoms with E-state index in [0.29, 0.717) is 32.6 Å². The average molecular weight is 235 g/mol. The first-order chi connectivity index (χ1) is 8.21. The Kier molecular flexibility index (Phi) is 3.71. The third-order valence-electron chi connectivity index (χ3n) is 3.01. The monoisotopic (exact) mass is 235 g/mol. The minimum absolute atomic E-state index is 0.107. The summed E-state index contributed by atoms with van der Waals surface area (Å²) in [6.07, 6.45) is 4.58. The fourth-order valence-electron chi connectivity index (χ4n) is 1.82. The molecule has 0 radical (unpaired) electrons. The van der Waals surface area contributed by atoms with Crippen molar-refractivity contribution in [2.75, 3.05) is 13.2 Å². The summed E-state index contributed by atoms with van der Waals surface area (Å²) >= 11 is 0. The van der Waals surface area contributed by atoms with Gasteiger partial charge in [-0.1, -0.05) is 6.07 Å². The highest BCUT2D eigenvalue weighted by Crippen LogP contribution is 2.17. The highest BCUT2D eigenvalue weighted by atomic mass is 16.5. The van der Waals surface area contributed by atoms with Crippen molar-refractivity contribution < 1.29 is 9.53 Å². The topological polar surface area (TPSA) is 77.2 Å². The molecule has 1 aromatic heterocycles. The SMILES string of the molecule is NC1(C(=O)NCc2cccnc2)CCOCC1. The number of hydrogen-bond acceptors (Lipinski definition) is 4. The molecule has 0 aliphatic carbocycles.